The number of ether oxygens (including phenoxy) is 1. The SMILES string of the molecule is COCCNc1ccc(B2OC(C)(C)C(C)(C)O2)cc1. The highest BCUT2D eigenvalue weighted by atomic mass is 16.7. The summed E-state index contributed by atoms with van der Waals surface area (Å²) in [6.07, 6.45) is 0. The van der Waals surface area contributed by atoms with Gasteiger partial charge in [-0.2, -0.15) is 0 Å². The first kappa shape index (κ1) is 15.4. The molecule has 1 aliphatic rings. The molecule has 1 fully saturated rings. The van der Waals surface area contributed by atoms with Gasteiger partial charge in [0.15, 0.2) is 0 Å². The van der Waals surface area contributed by atoms with Crippen molar-refractivity contribution in [2.24, 2.45) is 0 Å². The van der Waals surface area contributed by atoms with Gasteiger partial charge in [-0.1, -0.05) is 12.1 Å². The van der Waals surface area contributed by atoms with E-state index >= 15 is 0 Å². The summed E-state index contributed by atoms with van der Waals surface area (Å²) in [5, 5.41) is 3.29. The summed E-state index contributed by atoms with van der Waals surface area (Å²) < 4.78 is 17.1. The van der Waals surface area contributed by atoms with E-state index in [9.17, 15) is 0 Å². The van der Waals surface area contributed by atoms with Gasteiger partial charge in [-0.3, -0.25) is 0 Å². The predicted molar refractivity (Wildman–Crippen MR) is 82.5 cm³/mol. The molecule has 0 bridgehead atoms. The fraction of sp³-hybridized carbons (Fsp3) is 0.600. The maximum atomic E-state index is 6.03. The van der Waals surface area contributed by atoms with Gasteiger partial charge in [-0.05, 0) is 45.3 Å². The zero-order valence-electron chi connectivity index (χ0n) is 13.0. The van der Waals surface area contributed by atoms with Crippen LogP contribution >= 0.6 is 0 Å². The van der Waals surface area contributed by atoms with Crippen LogP contribution in [-0.2, 0) is 14.0 Å². The minimum atomic E-state index is -0.299. The van der Waals surface area contributed by atoms with Crippen LogP contribution in [0.1, 0.15) is 27.7 Å². The highest BCUT2D eigenvalue weighted by molar-refractivity contribution is 6.62. The Kier molecular flexibility index (Phi) is 4.42. The molecule has 1 N–H and O–H groups in total. The van der Waals surface area contributed by atoms with Gasteiger partial charge in [0.1, 0.15) is 0 Å². The van der Waals surface area contributed by atoms with Crippen molar-refractivity contribution >= 4 is 18.3 Å². The zero-order valence-corrected chi connectivity index (χ0v) is 13.0. The summed E-state index contributed by atoms with van der Waals surface area (Å²) in [7, 11) is 1.40. The highest BCUT2D eigenvalue weighted by Crippen LogP contribution is 2.36. The van der Waals surface area contributed by atoms with Crippen LogP contribution in [0.25, 0.3) is 0 Å². The molecule has 1 aliphatic heterocycles. The predicted octanol–water partition coefficient (Wildman–Crippen LogP) is 2.04. The normalized spacial score (nSPS) is 20.1. The molecule has 1 aromatic rings. The van der Waals surface area contributed by atoms with Crippen molar-refractivity contribution in [1.82, 2.24) is 0 Å². The van der Waals surface area contributed by atoms with Gasteiger partial charge >= 0.3 is 7.12 Å². The van der Waals surface area contributed by atoms with E-state index < -0.39 is 0 Å². The van der Waals surface area contributed by atoms with E-state index in [0.717, 1.165) is 17.7 Å². The molecule has 1 aromatic carbocycles. The third-order valence-electron chi connectivity index (χ3n) is 4.07. The highest BCUT2D eigenvalue weighted by Gasteiger charge is 2.51. The topological polar surface area (TPSA) is 39.7 Å². The van der Waals surface area contributed by atoms with E-state index in [1.807, 2.05) is 24.3 Å². The smallest absolute Gasteiger partial charge is 0.399 e. The Hall–Kier alpha value is -1.04. The van der Waals surface area contributed by atoms with Gasteiger partial charge in [0.2, 0.25) is 0 Å². The summed E-state index contributed by atoms with van der Waals surface area (Å²) in [4.78, 5) is 0. The number of hydrogen-bond donors (Lipinski definition) is 1. The number of nitrogens with one attached hydrogen (secondary N) is 1. The Balaban J connectivity index is 2.01. The molecule has 0 saturated carbocycles. The molecule has 0 amide bonds. The molecule has 2 rings (SSSR count). The van der Waals surface area contributed by atoms with E-state index in [2.05, 4.69) is 33.0 Å². The second-order valence-electron chi connectivity index (χ2n) is 6.13. The number of anilines is 1. The van der Waals surface area contributed by atoms with Gasteiger partial charge in [-0.25, -0.2) is 0 Å². The molecule has 4 nitrogen and oxygen atoms in total. The molecule has 0 unspecified atom stereocenters. The van der Waals surface area contributed by atoms with Crippen molar-refractivity contribution < 1.29 is 14.0 Å². The molecule has 0 aliphatic carbocycles. The fourth-order valence-corrected chi connectivity index (χ4v) is 2.03. The standard InChI is InChI=1S/C15H24BNO3/c1-14(2)15(3,4)20-16(19-14)12-6-8-13(9-7-12)17-10-11-18-5/h6-9,17H,10-11H2,1-5H3. The molecule has 0 spiro atoms. The van der Waals surface area contributed by atoms with E-state index in [1.165, 1.54) is 0 Å². The van der Waals surface area contributed by atoms with E-state index in [-0.39, 0.29) is 18.3 Å². The maximum Gasteiger partial charge on any atom is 0.494 e. The van der Waals surface area contributed by atoms with Gasteiger partial charge in [0.05, 0.1) is 17.8 Å². The number of methoxy groups -OCH3 is 1. The molecule has 1 heterocycles. The van der Waals surface area contributed by atoms with Crippen LogP contribution in [0.5, 0.6) is 0 Å². The van der Waals surface area contributed by atoms with Crippen LogP contribution in [0.2, 0.25) is 0 Å². The molecule has 0 aromatic heterocycles. The molecular formula is C15H24BNO3. The number of benzene rings is 1. The Morgan fingerprint density at radius 1 is 1.05 bits per heavy atom. The largest absolute Gasteiger partial charge is 0.494 e. The van der Waals surface area contributed by atoms with Gasteiger partial charge in [0.25, 0.3) is 0 Å². The van der Waals surface area contributed by atoms with Crippen molar-refractivity contribution in [1.29, 1.82) is 0 Å². The quantitative estimate of drug-likeness (QED) is 0.660. The van der Waals surface area contributed by atoms with Crippen LogP contribution in [0.4, 0.5) is 5.69 Å². The van der Waals surface area contributed by atoms with Crippen molar-refractivity contribution in [2.45, 2.75) is 38.9 Å². The van der Waals surface area contributed by atoms with E-state index in [4.69, 9.17) is 14.0 Å². The molecule has 20 heavy (non-hydrogen) atoms. The first-order valence-corrected chi connectivity index (χ1v) is 7.04. The van der Waals surface area contributed by atoms with E-state index in [0.29, 0.717) is 6.61 Å². The average molecular weight is 277 g/mol. The summed E-state index contributed by atoms with van der Waals surface area (Å²) in [5.41, 5.74) is 1.52. The third-order valence-corrected chi connectivity index (χ3v) is 4.07. The van der Waals surface area contributed by atoms with Crippen LogP contribution < -0.4 is 10.8 Å². The summed E-state index contributed by atoms with van der Waals surface area (Å²) in [6.45, 7) is 9.74. The molecule has 110 valence electrons. The van der Waals surface area contributed by atoms with Crippen molar-refractivity contribution in [3.63, 3.8) is 0 Å². The second kappa shape index (κ2) is 5.76. The summed E-state index contributed by atoms with van der Waals surface area (Å²) in [6, 6.07) is 8.15. The lowest BCUT2D eigenvalue weighted by atomic mass is 9.79. The molecule has 1 saturated heterocycles. The monoisotopic (exact) mass is 277 g/mol. The lowest BCUT2D eigenvalue weighted by Gasteiger charge is -2.32. The van der Waals surface area contributed by atoms with Crippen LogP contribution in [0.3, 0.4) is 0 Å². The Morgan fingerprint density at radius 2 is 1.60 bits per heavy atom. The average Bonchev–Trinajstić information content (AvgIpc) is 2.60. The summed E-state index contributed by atoms with van der Waals surface area (Å²) in [5.74, 6) is 0. The maximum absolute atomic E-state index is 6.03. The van der Waals surface area contributed by atoms with Crippen LogP contribution in [0, 0.1) is 0 Å². The van der Waals surface area contributed by atoms with Crippen LogP contribution in [-0.4, -0.2) is 38.6 Å². The van der Waals surface area contributed by atoms with E-state index in [1.54, 1.807) is 7.11 Å². The number of hydrogen-bond acceptors (Lipinski definition) is 4. The van der Waals surface area contributed by atoms with Crippen molar-refractivity contribution in [3.05, 3.63) is 24.3 Å². The molecule has 0 radical (unpaired) electrons. The number of rotatable bonds is 5. The van der Waals surface area contributed by atoms with Gasteiger partial charge in [-0.15, -0.1) is 0 Å². The molecule has 5 heteroatoms. The minimum Gasteiger partial charge on any atom is -0.399 e. The fourth-order valence-electron chi connectivity index (χ4n) is 2.03. The van der Waals surface area contributed by atoms with Gasteiger partial charge in [0, 0.05) is 19.3 Å². The van der Waals surface area contributed by atoms with Crippen molar-refractivity contribution in [2.75, 3.05) is 25.6 Å². The molecule has 0 atom stereocenters. The Morgan fingerprint density at radius 3 is 2.10 bits per heavy atom. The lowest BCUT2D eigenvalue weighted by Crippen LogP contribution is -2.41. The second-order valence-corrected chi connectivity index (χ2v) is 6.13. The first-order chi connectivity index (χ1) is 9.36. The summed E-state index contributed by atoms with van der Waals surface area (Å²) >= 11 is 0. The van der Waals surface area contributed by atoms with Crippen molar-refractivity contribution in [3.8, 4) is 0 Å². The van der Waals surface area contributed by atoms with Gasteiger partial charge < -0.3 is 19.4 Å². The zero-order chi connectivity index (χ0) is 14.8. The first-order valence-electron chi connectivity index (χ1n) is 7.04. The van der Waals surface area contributed by atoms with Crippen LogP contribution in [0.15, 0.2) is 24.3 Å². The Bertz CT molecular complexity index is 429. The Labute approximate surface area is 121 Å². The lowest BCUT2D eigenvalue weighted by molar-refractivity contribution is 0.00578. The third kappa shape index (κ3) is 3.16. The molecular weight excluding hydrogens is 253 g/mol. The minimum absolute atomic E-state index is 0.298.